The second kappa shape index (κ2) is 26.1. The highest BCUT2D eigenvalue weighted by Gasteiger charge is 2.46. The van der Waals surface area contributed by atoms with Gasteiger partial charge in [0.2, 0.25) is 23.6 Å². The number of hydrogen-bond acceptors (Lipinski definition) is 12. The van der Waals surface area contributed by atoms with Crippen molar-refractivity contribution in [1.29, 1.82) is 0 Å². The predicted octanol–water partition coefficient (Wildman–Crippen LogP) is 7.68. The number of carbonyl (C=O) groups is 4. The van der Waals surface area contributed by atoms with E-state index >= 15 is 0 Å². The molecule has 1 aliphatic heterocycles. The lowest BCUT2D eigenvalue weighted by Gasteiger charge is -2.36. The molecule has 1 fully saturated rings. The first-order valence-electron chi connectivity index (χ1n) is 26.2. The number of ether oxygens (including phenoxy) is 1. The van der Waals surface area contributed by atoms with E-state index in [0.29, 0.717) is 47.1 Å². The maximum atomic E-state index is 14.6. The highest BCUT2D eigenvalue weighted by Crippen LogP contribution is 2.40. The molecule has 0 spiro atoms. The first kappa shape index (κ1) is 60.0. The summed E-state index contributed by atoms with van der Waals surface area (Å²) < 4.78 is 105. The molecule has 430 valence electrons. The molecule has 7 N–H and O–H groups in total. The number of benzene rings is 3. The number of unbranched alkanes of at least 4 members (excludes halogenated alkanes) is 5. The molecule has 0 bridgehead atoms. The molecule has 0 saturated carbocycles. The third-order valence-electron chi connectivity index (χ3n) is 13.9. The monoisotopic (exact) mass is 1130 g/mol. The number of anilines is 3. The molecule has 4 atom stereocenters. The van der Waals surface area contributed by atoms with E-state index in [1.54, 1.807) is 71.0 Å². The molecule has 80 heavy (non-hydrogen) atoms. The fourth-order valence-electron chi connectivity index (χ4n) is 9.41. The fourth-order valence-corrected chi connectivity index (χ4v) is 9.97. The number of nitrogens with one attached hydrogen (secondary N) is 5. The number of amides is 4. The molecule has 25 heteroatoms. The van der Waals surface area contributed by atoms with E-state index < -0.39 is 86.2 Å². The topological polar surface area (TPSA) is 250 Å². The lowest BCUT2D eigenvalue weighted by Crippen LogP contribution is -2.59. The number of nitrogens with two attached hydrogens (primary N) is 1. The number of hydrogen-bond donors (Lipinski definition) is 6. The molecule has 1 unspecified atom stereocenters. The number of rotatable bonds is 25. The maximum absolute atomic E-state index is 14.6. The Hall–Kier alpha value is -7.67. The van der Waals surface area contributed by atoms with Gasteiger partial charge in [-0.2, -0.15) is 19.0 Å². The van der Waals surface area contributed by atoms with Crippen LogP contribution in [0.3, 0.4) is 0 Å². The van der Waals surface area contributed by atoms with Crippen molar-refractivity contribution in [3.63, 3.8) is 0 Å². The number of sulfonamides is 1. The Morgan fingerprint density at radius 1 is 0.912 bits per heavy atom. The van der Waals surface area contributed by atoms with E-state index in [1.165, 1.54) is 35.2 Å². The molecule has 3 aromatic carbocycles. The molecule has 4 amide bonds. The van der Waals surface area contributed by atoms with Crippen molar-refractivity contribution in [2.24, 2.45) is 12.5 Å². The Morgan fingerprint density at radius 3 is 2.27 bits per heavy atom. The van der Waals surface area contributed by atoms with E-state index in [9.17, 15) is 49.5 Å². The molecule has 1 aliphatic rings. The summed E-state index contributed by atoms with van der Waals surface area (Å²) in [4.78, 5) is 59.9. The smallest absolute Gasteiger partial charge is 0.355 e. The van der Waals surface area contributed by atoms with Crippen molar-refractivity contribution in [3.8, 4) is 28.1 Å². The molecule has 0 radical (unpaired) electrons. The van der Waals surface area contributed by atoms with Crippen LogP contribution in [0.2, 0.25) is 0 Å². The molecule has 19 nitrogen and oxygen atoms in total. The number of alkyl halides is 2. The summed E-state index contributed by atoms with van der Waals surface area (Å²) in [7, 11) is -1.73. The van der Waals surface area contributed by atoms with Gasteiger partial charge in [0, 0.05) is 68.1 Å². The van der Waals surface area contributed by atoms with Gasteiger partial charge < -0.3 is 36.6 Å². The Balaban J connectivity index is 0.920. The van der Waals surface area contributed by atoms with Crippen LogP contribution in [0.4, 0.5) is 39.1 Å². The average Bonchev–Trinajstić information content (AvgIpc) is 4.36. The van der Waals surface area contributed by atoms with Crippen LogP contribution >= 0.6 is 0 Å². The molecule has 3 aromatic heterocycles. The second-order valence-electron chi connectivity index (χ2n) is 20.9. The molecule has 4 heterocycles. The van der Waals surface area contributed by atoms with Gasteiger partial charge in [0.15, 0.2) is 0 Å². The summed E-state index contributed by atoms with van der Waals surface area (Å²) in [6.45, 7) is 7.46. The van der Waals surface area contributed by atoms with Gasteiger partial charge >= 0.3 is 5.76 Å². The average molecular weight is 1140 g/mol. The predicted molar refractivity (Wildman–Crippen MR) is 293 cm³/mol. The number of nitrogens with zero attached hydrogens (tertiary/aromatic N) is 6. The van der Waals surface area contributed by atoms with Gasteiger partial charge in [0.05, 0.1) is 35.4 Å². The Bertz CT molecular complexity index is 3280. The number of aryl methyl sites for hydroxylation is 2. The summed E-state index contributed by atoms with van der Waals surface area (Å²) in [6, 6.07) is 9.56. The Labute approximate surface area is 460 Å². The van der Waals surface area contributed by atoms with Gasteiger partial charge in [-0.05, 0) is 80.6 Å². The molecule has 7 rings (SSSR count). The van der Waals surface area contributed by atoms with Crippen molar-refractivity contribution in [2.75, 3.05) is 36.0 Å². The van der Waals surface area contributed by atoms with Gasteiger partial charge in [0.25, 0.3) is 10.0 Å². The normalized spacial score (nSPS) is 15.5. The number of pyridine rings is 1. The van der Waals surface area contributed by atoms with Crippen molar-refractivity contribution < 1.29 is 54.3 Å². The third kappa shape index (κ3) is 14.8. The Morgan fingerprint density at radius 2 is 1.60 bits per heavy atom. The van der Waals surface area contributed by atoms with Gasteiger partial charge in [0.1, 0.15) is 52.5 Å². The summed E-state index contributed by atoms with van der Waals surface area (Å²) in [6.07, 6.45) is 10.5. The number of para-hydroxylation sites is 1. The van der Waals surface area contributed by atoms with E-state index in [0.717, 1.165) is 61.4 Å². The van der Waals surface area contributed by atoms with Crippen LogP contribution in [0.5, 0.6) is 5.75 Å². The number of likely N-dealkylation sites (tertiary alicyclic amines) is 1. The van der Waals surface area contributed by atoms with Gasteiger partial charge in [-0.1, -0.05) is 70.7 Å². The fraction of sp³-hybridized carbons (Fsp3) is 0.436. The summed E-state index contributed by atoms with van der Waals surface area (Å²) in [5.74, 6) is -8.14. The second-order valence-corrected chi connectivity index (χ2v) is 22.5. The zero-order chi connectivity index (χ0) is 58.1. The summed E-state index contributed by atoms with van der Waals surface area (Å²) >= 11 is 0. The first-order chi connectivity index (χ1) is 37.9. The van der Waals surface area contributed by atoms with Crippen molar-refractivity contribution in [3.05, 3.63) is 102 Å². The van der Waals surface area contributed by atoms with E-state index in [2.05, 4.69) is 31.3 Å². The SMILES string of the molecule is CN[C@@H](C)C(=O)N[C@H](C(=O)N1CC(NC(=O)CCCCCCCCn2cc(-c3cnc(N)c4c(-c5ccc(NS(=O)(=O)C(F)F)c(OCCc6ccc(F)cc6)c5)nn(C)c34)cn2)C[C@H]1C(=O)Nc1c(F)cccc1F)C(C)(C)C. The molecule has 6 aromatic rings. The lowest BCUT2D eigenvalue weighted by atomic mass is 9.85. The highest BCUT2D eigenvalue weighted by atomic mass is 32.2. The first-order valence-corrected chi connectivity index (χ1v) is 27.8. The molecular formula is C55H67F5N12O7S. The van der Waals surface area contributed by atoms with Gasteiger partial charge in [-0.15, -0.1) is 0 Å². The van der Waals surface area contributed by atoms with Gasteiger partial charge in [-0.3, -0.25) is 33.3 Å². The minimum absolute atomic E-state index is 0.00350. The van der Waals surface area contributed by atoms with E-state index in [4.69, 9.17) is 15.6 Å². The Kier molecular flexibility index (Phi) is 19.5. The summed E-state index contributed by atoms with van der Waals surface area (Å²) in [5, 5.41) is 20.7. The number of fused-ring (bicyclic) bond motifs is 1. The van der Waals surface area contributed by atoms with Crippen molar-refractivity contribution in [1.82, 2.24) is 45.4 Å². The van der Waals surface area contributed by atoms with Crippen molar-refractivity contribution >= 4 is 61.7 Å². The number of halogens is 5. The van der Waals surface area contributed by atoms with Crippen LogP contribution in [-0.4, -0.2) is 112 Å². The van der Waals surface area contributed by atoms with Crippen LogP contribution in [0.25, 0.3) is 33.3 Å². The van der Waals surface area contributed by atoms with Crippen LogP contribution in [-0.2, 0) is 49.2 Å². The van der Waals surface area contributed by atoms with Crippen LogP contribution < -0.4 is 36.5 Å². The minimum atomic E-state index is -5.06. The van der Waals surface area contributed by atoms with Crippen LogP contribution in [0, 0.1) is 22.9 Å². The standard InChI is InChI=1S/C55H67F5N12O7S/c1-32(62-5)51(74)67-49(55(2,3)4)53(76)72-31-37(27-42(72)52(75)66-47-39(57)14-13-15-40(47)58)65-44(73)16-11-9-7-8-10-12-24-71-30-35(28-64-71)38-29-63-50(61)45-46(68-70(6)48(38)45)34-19-22-41(69-80(77,78)54(59)60)43(26-34)79-25-23-33-17-20-36(56)21-18-33/h13-15,17-22,26,28-30,32,37,42,49,54,62,69H,7-12,16,23-25,27,31H2,1-6H3,(H2,61,63)(H,65,73)(H,66,75)(H,67,74)/t32-,37?,42-,49+/m0/s1. The van der Waals surface area contributed by atoms with Crippen LogP contribution in [0.15, 0.2) is 79.3 Å². The number of carbonyl (C=O) groups excluding carboxylic acids is 4. The van der Waals surface area contributed by atoms with Crippen molar-refractivity contribution in [2.45, 2.75) is 122 Å². The quantitative estimate of drug-likeness (QED) is 0.0239. The summed E-state index contributed by atoms with van der Waals surface area (Å²) in [5.41, 5.74) is 8.36. The molecular weight excluding hydrogens is 1070 g/mol. The number of nitrogen functional groups attached to an aromatic ring is 1. The largest absolute Gasteiger partial charge is 0.491 e. The van der Waals surface area contributed by atoms with E-state index in [1.807, 2.05) is 15.6 Å². The zero-order valence-electron chi connectivity index (χ0n) is 45.3. The molecule has 1 saturated heterocycles. The number of likely N-dealkylation sites (N-methyl/N-ethyl adjacent to an activating group) is 1. The van der Waals surface area contributed by atoms with Gasteiger partial charge in [-0.25, -0.2) is 26.6 Å². The minimum Gasteiger partial charge on any atom is -0.491 e. The number of aromatic nitrogens is 5. The molecule has 0 aliphatic carbocycles. The third-order valence-corrected chi connectivity index (χ3v) is 14.8. The van der Waals surface area contributed by atoms with E-state index in [-0.39, 0.29) is 49.2 Å². The highest BCUT2D eigenvalue weighted by molar-refractivity contribution is 7.93. The zero-order valence-corrected chi connectivity index (χ0v) is 46.1. The lowest BCUT2D eigenvalue weighted by molar-refractivity contribution is -0.143. The van der Waals surface area contributed by atoms with Crippen LogP contribution in [0.1, 0.15) is 84.6 Å². The maximum Gasteiger partial charge on any atom is 0.355 e.